The number of carboxylic acid groups (broad SMARTS) is 1. The summed E-state index contributed by atoms with van der Waals surface area (Å²) in [4.78, 5) is 10.3. The molecular formula is C13H17NO3. The SMILES string of the molecule is COc1ccc([C@H](C)NC/C=C/C(=O)O)cc1. The van der Waals surface area contributed by atoms with E-state index < -0.39 is 5.97 Å². The topological polar surface area (TPSA) is 58.6 Å². The molecule has 92 valence electrons. The van der Waals surface area contributed by atoms with Gasteiger partial charge in [-0.25, -0.2) is 4.79 Å². The van der Waals surface area contributed by atoms with Crippen molar-refractivity contribution in [2.24, 2.45) is 0 Å². The van der Waals surface area contributed by atoms with E-state index in [0.29, 0.717) is 6.54 Å². The van der Waals surface area contributed by atoms with Gasteiger partial charge in [0.2, 0.25) is 0 Å². The van der Waals surface area contributed by atoms with Gasteiger partial charge in [0, 0.05) is 18.7 Å². The van der Waals surface area contributed by atoms with Crippen LogP contribution in [0, 0.1) is 0 Å². The maximum atomic E-state index is 10.3. The highest BCUT2D eigenvalue weighted by Crippen LogP contribution is 2.16. The van der Waals surface area contributed by atoms with Gasteiger partial charge in [-0.3, -0.25) is 0 Å². The Morgan fingerprint density at radius 1 is 1.47 bits per heavy atom. The lowest BCUT2D eigenvalue weighted by atomic mass is 10.1. The van der Waals surface area contributed by atoms with Gasteiger partial charge >= 0.3 is 5.97 Å². The summed E-state index contributed by atoms with van der Waals surface area (Å²) in [6.45, 7) is 2.55. The van der Waals surface area contributed by atoms with Crippen molar-refractivity contribution in [2.75, 3.05) is 13.7 Å². The first-order valence-electron chi connectivity index (χ1n) is 5.40. The number of aliphatic carboxylic acids is 1. The Balaban J connectivity index is 2.46. The third-order valence-corrected chi connectivity index (χ3v) is 2.42. The Morgan fingerprint density at radius 2 is 2.12 bits per heavy atom. The van der Waals surface area contributed by atoms with Crippen molar-refractivity contribution < 1.29 is 14.6 Å². The summed E-state index contributed by atoms with van der Waals surface area (Å²) in [5.41, 5.74) is 1.13. The van der Waals surface area contributed by atoms with E-state index in [-0.39, 0.29) is 6.04 Å². The second-order valence-corrected chi connectivity index (χ2v) is 3.64. The molecule has 0 spiro atoms. The lowest BCUT2D eigenvalue weighted by molar-refractivity contribution is -0.131. The van der Waals surface area contributed by atoms with Crippen LogP contribution < -0.4 is 10.1 Å². The molecule has 0 bridgehead atoms. The molecule has 0 amide bonds. The fraction of sp³-hybridized carbons (Fsp3) is 0.308. The molecule has 0 aliphatic rings. The maximum absolute atomic E-state index is 10.3. The first-order chi connectivity index (χ1) is 8.13. The van der Waals surface area contributed by atoms with Gasteiger partial charge in [0.15, 0.2) is 0 Å². The van der Waals surface area contributed by atoms with Gasteiger partial charge in [-0.1, -0.05) is 18.2 Å². The third kappa shape index (κ3) is 4.70. The Labute approximate surface area is 101 Å². The first kappa shape index (κ1) is 13.3. The lowest BCUT2D eigenvalue weighted by Crippen LogP contribution is -2.18. The van der Waals surface area contributed by atoms with E-state index in [1.807, 2.05) is 31.2 Å². The van der Waals surface area contributed by atoms with Crippen molar-refractivity contribution in [1.82, 2.24) is 5.32 Å². The molecule has 1 aromatic carbocycles. The Morgan fingerprint density at radius 3 is 2.65 bits per heavy atom. The number of hydrogen-bond acceptors (Lipinski definition) is 3. The smallest absolute Gasteiger partial charge is 0.328 e. The zero-order valence-electron chi connectivity index (χ0n) is 10.0. The second kappa shape index (κ2) is 6.70. The predicted octanol–water partition coefficient (Wildman–Crippen LogP) is 1.99. The number of ether oxygens (including phenoxy) is 1. The number of carboxylic acids is 1. The van der Waals surface area contributed by atoms with Crippen molar-refractivity contribution in [2.45, 2.75) is 13.0 Å². The second-order valence-electron chi connectivity index (χ2n) is 3.64. The zero-order chi connectivity index (χ0) is 12.7. The highest BCUT2D eigenvalue weighted by Gasteiger charge is 2.03. The molecule has 4 nitrogen and oxygen atoms in total. The summed E-state index contributed by atoms with van der Waals surface area (Å²) < 4.78 is 5.08. The Hall–Kier alpha value is -1.81. The maximum Gasteiger partial charge on any atom is 0.328 e. The van der Waals surface area contributed by atoms with Gasteiger partial charge in [0.05, 0.1) is 7.11 Å². The average molecular weight is 235 g/mol. The summed E-state index contributed by atoms with van der Waals surface area (Å²) in [7, 11) is 1.63. The van der Waals surface area contributed by atoms with Crippen LogP contribution in [0.3, 0.4) is 0 Å². The van der Waals surface area contributed by atoms with Crippen LogP contribution in [-0.2, 0) is 4.79 Å². The third-order valence-electron chi connectivity index (χ3n) is 2.42. The van der Waals surface area contributed by atoms with Gasteiger partial charge in [-0.2, -0.15) is 0 Å². The van der Waals surface area contributed by atoms with E-state index in [1.54, 1.807) is 13.2 Å². The van der Waals surface area contributed by atoms with E-state index in [1.165, 1.54) is 0 Å². The summed E-state index contributed by atoms with van der Waals surface area (Å²) in [5, 5.41) is 11.6. The van der Waals surface area contributed by atoms with Crippen molar-refractivity contribution in [3.63, 3.8) is 0 Å². The molecule has 1 rings (SSSR count). The summed E-state index contributed by atoms with van der Waals surface area (Å²) in [6.07, 6.45) is 2.72. The van der Waals surface area contributed by atoms with Crippen LogP contribution >= 0.6 is 0 Å². The van der Waals surface area contributed by atoms with Crippen LogP contribution in [0.5, 0.6) is 5.75 Å². The van der Waals surface area contributed by atoms with Crippen molar-refractivity contribution in [3.8, 4) is 5.75 Å². The Bertz CT molecular complexity index is 384. The fourth-order valence-electron chi connectivity index (χ4n) is 1.41. The molecule has 0 aromatic heterocycles. The van der Waals surface area contributed by atoms with Crippen LogP contribution in [0.15, 0.2) is 36.4 Å². The zero-order valence-corrected chi connectivity index (χ0v) is 10.0. The average Bonchev–Trinajstić information content (AvgIpc) is 2.34. The van der Waals surface area contributed by atoms with E-state index in [4.69, 9.17) is 9.84 Å². The lowest BCUT2D eigenvalue weighted by Gasteiger charge is -2.13. The Kier molecular flexibility index (Phi) is 5.23. The highest BCUT2D eigenvalue weighted by atomic mass is 16.5. The van der Waals surface area contributed by atoms with Gasteiger partial charge < -0.3 is 15.2 Å². The summed E-state index contributed by atoms with van der Waals surface area (Å²) >= 11 is 0. The largest absolute Gasteiger partial charge is 0.497 e. The molecule has 0 aliphatic heterocycles. The molecule has 0 fully saturated rings. The van der Waals surface area contributed by atoms with Gasteiger partial charge in [0.1, 0.15) is 5.75 Å². The normalized spacial score (nSPS) is 12.6. The number of benzene rings is 1. The minimum atomic E-state index is -0.927. The molecule has 0 saturated heterocycles. The van der Waals surface area contributed by atoms with Crippen LogP contribution in [0.1, 0.15) is 18.5 Å². The van der Waals surface area contributed by atoms with Crippen LogP contribution in [-0.4, -0.2) is 24.7 Å². The number of carbonyl (C=O) groups is 1. The molecule has 0 heterocycles. The molecule has 1 aromatic rings. The van der Waals surface area contributed by atoms with Crippen molar-refractivity contribution >= 4 is 5.97 Å². The fourth-order valence-corrected chi connectivity index (χ4v) is 1.41. The molecule has 4 heteroatoms. The highest BCUT2D eigenvalue weighted by molar-refractivity contribution is 5.79. The monoisotopic (exact) mass is 235 g/mol. The van der Waals surface area contributed by atoms with Crippen molar-refractivity contribution in [1.29, 1.82) is 0 Å². The van der Waals surface area contributed by atoms with Gasteiger partial charge in [0.25, 0.3) is 0 Å². The van der Waals surface area contributed by atoms with E-state index >= 15 is 0 Å². The predicted molar refractivity (Wildman–Crippen MR) is 66.2 cm³/mol. The number of methoxy groups -OCH3 is 1. The van der Waals surface area contributed by atoms with E-state index in [9.17, 15) is 4.79 Å². The summed E-state index contributed by atoms with van der Waals surface area (Å²) in [5.74, 6) is -0.101. The van der Waals surface area contributed by atoms with Crippen molar-refractivity contribution in [3.05, 3.63) is 42.0 Å². The molecule has 0 saturated carbocycles. The molecule has 17 heavy (non-hydrogen) atoms. The standard InChI is InChI=1S/C13H17NO3/c1-10(14-9-3-4-13(15)16)11-5-7-12(17-2)8-6-11/h3-8,10,14H,9H2,1-2H3,(H,15,16)/b4-3+/t10-/m0/s1. The molecule has 2 N–H and O–H groups in total. The number of rotatable bonds is 6. The first-order valence-corrected chi connectivity index (χ1v) is 5.40. The number of hydrogen-bond donors (Lipinski definition) is 2. The van der Waals surface area contributed by atoms with E-state index in [0.717, 1.165) is 17.4 Å². The molecule has 0 aliphatic carbocycles. The molecule has 0 radical (unpaired) electrons. The van der Waals surface area contributed by atoms with Crippen LogP contribution in [0.4, 0.5) is 0 Å². The minimum absolute atomic E-state index is 0.166. The van der Waals surface area contributed by atoms with E-state index in [2.05, 4.69) is 5.32 Å². The van der Waals surface area contributed by atoms with Crippen LogP contribution in [0.25, 0.3) is 0 Å². The minimum Gasteiger partial charge on any atom is -0.497 e. The summed E-state index contributed by atoms with van der Waals surface area (Å²) in [6, 6.07) is 7.94. The quantitative estimate of drug-likeness (QED) is 0.740. The molecular weight excluding hydrogens is 218 g/mol. The van der Waals surface area contributed by atoms with Gasteiger partial charge in [-0.15, -0.1) is 0 Å². The number of nitrogens with one attached hydrogen (secondary N) is 1. The van der Waals surface area contributed by atoms with Gasteiger partial charge in [-0.05, 0) is 24.6 Å². The molecule has 1 atom stereocenters. The van der Waals surface area contributed by atoms with Crippen LogP contribution in [0.2, 0.25) is 0 Å². The molecule has 0 unspecified atom stereocenters.